The van der Waals surface area contributed by atoms with Crippen LogP contribution in [0.2, 0.25) is 0 Å². The number of rotatable bonds is 3. The molecule has 1 aliphatic rings. The van der Waals surface area contributed by atoms with E-state index in [0.29, 0.717) is 11.6 Å². The molecule has 0 amide bonds. The molecule has 0 N–H and O–H groups in total. The largest absolute Gasteiger partial charge is 0.481 e. The maximum absolute atomic E-state index is 11.7. The lowest BCUT2D eigenvalue weighted by Crippen LogP contribution is -2.06. The molecule has 0 radical (unpaired) electrons. The zero-order valence-electron chi connectivity index (χ0n) is 7.79. The number of pyridine rings is 1. The Morgan fingerprint density at radius 2 is 2.29 bits per heavy atom. The van der Waals surface area contributed by atoms with Gasteiger partial charge in [-0.25, -0.2) is 4.98 Å². The molecule has 0 aliphatic heterocycles. The van der Waals surface area contributed by atoms with Crippen LogP contribution in [0.3, 0.4) is 0 Å². The first-order valence-electron chi connectivity index (χ1n) is 4.47. The first-order chi connectivity index (χ1) is 6.72. The van der Waals surface area contributed by atoms with E-state index in [2.05, 4.69) is 20.9 Å². The summed E-state index contributed by atoms with van der Waals surface area (Å²) in [6.45, 7) is 0. The van der Waals surface area contributed by atoms with Gasteiger partial charge in [0, 0.05) is 16.5 Å². The fraction of sp³-hybridized carbons (Fsp3) is 0.400. The van der Waals surface area contributed by atoms with Crippen LogP contribution >= 0.6 is 15.9 Å². The minimum Gasteiger partial charge on any atom is -0.481 e. The van der Waals surface area contributed by atoms with Gasteiger partial charge in [0.1, 0.15) is 5.69 Å². The van der Waals surface area contributed by atoms with Crippen molar-refractivity contribution in [1.82, 2.24) is 4.98 Å². The molecule has 0 spiro atoms. The number of hydrogen-bond donors (Lipinski definition) is 0. The summed E-state index contributed by atoms with van der Waals surface area (Å²) in [5, 5.41) is 0. The van der Waals surface area contributed by atoms with Gasteiger partial charge in [0.25, 0.3) is 0 Å². The van der Waals surface area contributed by atoms with Gasteiger partial charge in [0.15, 0.2) is 5.78 Å². The lowest BCUT2D eigenvalue weighted by atomic mass is 10.2. The lowest BCUT2D eigenvalue weighted by Gasteiger charge is -2.04. The first kappa shape index (κ1) is 9.65. The molecule has 0 saturated heterocycles. The molecule has 1 fully saturated rings. The van der Waals surface area contributed by atoms with Crippen molar-refractivity contribution in [3.63, 3.8) is 0 Å². The minimum atomic E-state index is 0.121. The summed E-state index contributed by atoms with van der Waals surface area (Å²) in [6, 6.07) is 3.52. The molecule has 3 nitrogen and oxygen atoms in total. The van der Waals surface area contributed by atoms with Crippen LogP contribution in [0.15, 0.2) is 16.6 Å². The Morgan fingerprint density at radius 3 is 2.86 bits per heavy atom. The zero-order valence-corrected chi connectivity index (χ0v) is 9.37. The van der Waals surface area contributed by atoms with E-state index >= 15 is 0 Å². The van der Waals surface area contributed by atoms with Crippen LogP contribution in [-0.4, -0.2) is 17.9 Å². The Hall–Kier alpha value is -0.900. The van der Waals surface area contributed by atoms with Crippen LogP contribution in [0, 0.1) is 5.92 Å². The number of nitrogens with zero attached hydrogens (tertiary/aromatic N) is 1. The number of halogens is 1. The Labute approximate surface area is 90.6 Å². The molecule has 74 valence electrons. The maximum Gasteiger partial charge on any atom is 0.213 e. The third kappa shape index (κ3) is 1.80. The van der Waals surface area contributed by atoms with Crippen LogP contribution in [0.5, 0.6) is 5.88 Å². The topological polar surface area (TPSA) is 39.2 Å². The van der Waals surface area contributed by atoms with Crippen molar-refractivity contribution in [3.8, 4) is 5.88 Å². The summed E-state index contributed by atoms with van der Waals surface area (Å²) in [5.74, 6) is 0.791. The molecule has 0 unspecified atom stereocenters. The predicted octanol–water partition coefficient (Wildman–Crippen LogP) is 2.45. The van der Waals surface area contributed by atoms with Gasteiger partial charge in [0.2, 0.25) is 5.88 Å². The number of carbonyl (C=O) groups is 1. The van der Waals surface area contributed by atoms with E-state index in [1.54, 1.807) is 19.2 Å². The standard InChI is InChI=1S/C10H10BrNO2/c1-14-8-5-4-7(11)9(12-8)10(13)6-2-3-6/h4-6H,2-3H2,1H3. The van der Waals surface area contributed by atoms with Crippen LogP contribution < -0.4 is 4.74 Å². The number of Topliss-reactive ketones (excluding diaryl/α,β-unsaturated/α-hetero) is 1. The molecule has 1 heterocycles. The van der Waals surface area contributed by atoms with Gasteiger partial charge in [-0.2, -0.15) is 0 Å². The van der Waals surface area contributed by atoms with Crippen LogP contribution in [0.1, 0.15) is 23.3 Å². The molecule has 1 aromatic rings. The molecule has 1 saturated carbocycles. The van der Waals surface area contributed by atoms with E-state index < -0.39 is 0 Å². The molecular weight excluding hydrogens is 246 g/mol. The van der Waals surface area contributed by atoms with Crippen molar-refractivity contribution >= 4 is 21.7 Å². The quantitative estimate of drug-likeness (QED) is 0.780. The molecule has 4 heteroatoms. The lowest BCUT2D eigenvalue weighted by molar-refractivity contribution is 0.0961. The zero-order chi connectivity index (χ0) is 10.1. The molecule has 1 aliphatic carbocycles. The van der Waals surface area contributed by atoms with E-state index in [1.807, 2.05) is 0 Å². The van der Waals surface area contributed by atoms with E-state index in [4.69, 9.17) is 4.74 Å². The van der Waals surface area contributed by atoms with E-state index in [9.17, 15) is 4.79 Å². The number of hydrogen-bond acceptors (Lipinski definition) is 3. The number of ketones is 1. The average Bonchev–Trinajstić information content (AvgIpc) is 3.01. The molecule has 14 heavy (non-hydrogen) atoms. The third-order valence-electron chi connectivity index (χ3n) is 2.21. The third-order valence-corrected chi connectivity index (χ3v) is 2.85. The maximum atomic E-state index is 11.7. The van der Waals surface area contributed by atoms with E-state index in [1.165, 1.54) is 0 Å². The van der Waals surface area contributed by atoms with Gasteiger partial charge in [-0.15, -0.1) is 0 Å². The van der Waals surface area contributed by atoms with Crippen LogP contribution in [-0.2, 0) is 0 Å². The Morgan fingerprint density at radius 1 is 1.57 bits per heavy atom. The van der Waals surface area contributed by atoms with Gasteiger partial charge in [-0.05, 0) is 34.8 Å². The highest BCUT2D eigenvalue weighted by Crippen LogP contribution is 2.34. The molecule has 0 aromatic carbocycles. The van der Waals surface area contributed by atoms with Crippen molar-refractivity contribution in [2.24, 2.45) is 5.92 Å². The smallest absolute Gasteiger partial charge is 0.213 e. The Balaban J connectivity index is 2.34. The fourth-order valence-corrected chi connectivity index (χ4v) is 1.67. The summed E-state index contributed by atoms with van der Waals surface area (Å²) in [7, 11) is 1.54. The molecule has 2 rings (SSSR count). The summed E-state index contributed by atoms with van der Waals surface area (Å²) < 4.78 is 5.72. The second-order valence-corrected chi connectivity index (χ2v) is 4.18. The Bertz CT molecular complexity index is 374. The second kappa shape index (κ2) is 3.69. The van der Waals surface area contributed by atoms with Crippen molar-refractivity contribution < 1.29 is 9.53 Å². The number of ether oxygens (including phenoxy) is 1. The number of methoxy groups -OCH3 is 1. The number of aromatic nitrogens is 1. The minimum absolute atomic E-state index is 0.121. The SMILES string of the molecule is COc1ccc(Br)c(C(=O)C2CC2)n1. The van der Waals surface area contributed by atoms with E-state index in [0.717, 1.165) is 17.3 Å². The summed E-state index contributed by atoms with van der Waals surface area (Å²) in [6.07, 6.45) is 1.98. The monoisotopic (exact) mass is 255 g/mol. The highest BCUT2D eigenvalue weighted by molar-refractivity contribution is 9.10. The van der Waals surface area contributed by atoms with Gasteiger partial charge in [-0.3, -0.25) is 4.79 Å². The highest BCUT2D eigenvalue weighted by Gasteiger charge is 2.32. The van der Waals surface area contributed by atoms with Gasteiger partial charge >= 0.3 is 0 Å². The van der Waals surface area contributed by atoms with Crippen LogP contribution in [0.25, 0.3) is 0 Å². The number of carbonyl (C=O) groups excluding carboxylic acids is 1. The van der Waals surface area contributed by atoms with Gasteiger partial charge < -0.3 is 4.74 Å². The molecular formula is C10H10BrNO2. The fourth-order valence-electron chi connectivity index (χ4n) is 1.25. The van der Waals surface area contributed by atoms with Crippen molar-refractivity contribution in [2.45, 2.75) is 12.8 Å². The first-order valence-corrected chi connectivity index (χ1v) is 5.26. The Kier molecular flexibility index (Phi) is 2.54. The summed E-state index contributed by atoms with van der Waals surface area (Å²) in [5.41, 5.74) is 0.492. The van der Waals surface area contributed by atoms with Crippen molar-refractivity contribution in [3.05, 3.63) is 22.3 Å². The summed E-state index contributed by atoms with van der Waals surface area (Å²) >= 11 is 3.32. The highest BCUT2D eigenvalue weighted by atomic mass is 79.9. The molecule has 0 atom stereocenters. The van der Waals surface area contributed by atoms with E-state index in [-0.39, 0.29) is 11.7 Å². The van der Waals surface area contributed by atoms with Gasteiger partial charge in [-0.1, -0.05) is 0 Å². The second-order valence-electron chi connectivity index (χ2n) is 3.32. The molecule has 1 aromatic heterocycles. The summed E-state index contributed by atoms with van der Waals surface area (Å²) in [4.78, 5) is 15.9. The average molecular weight is 256 g/mol. The molecule has 0 bridgehead atoms. The van der Waals surface area contributed by atoms with Crippen molar-refractivity contribution in [2.75, 3.05) is 7.11 Å². The normalized spacial score (nSPS) is 15.3. The van der Waals surface area contributed by atoms with Crippen LogP contribution in [0.4, 0.5) is 0 Å². The van der Waals surface area contributed by atoms with Gasteiger partial charge in [0.05, 0.1) is 7.11 Å². The van der Waals surface area contributed by atoms with Crippen molar-refractivity contribution in [1.29, 1.82) is 0 Å². The predicted molar refractivity (Wildman–Crippen MR) is 55.5 cm³/mol.